The molecule has 4 aliphatic rings. The van der Waals surface area contributed by atoms with Crippen molar-refractivity contribution in [2.24, 2.45) is 17.8 Å². The average Bonchev–Trinajstić information content (AvgIpc) is 3.21. The molecule has 3 N–H and O–H groups in total. The number of carbonyl (C=O) groups is 1. The smallest absolute Gasteiger partial charge is 0.241 e. The maximum Gasteiger partial charge on any atom is 0.241 e. The number of benzene rings is 1. The van der Waals surface area contributed by atoms with Gasteiger partial charge in [0.2, 0.25) is 5.91 Å². The third kappa shape index (κ3) is 1.95. The number of hydrogen-bond donors (Lipinski definition) is 3. The lowest BCUT2D eigenvalue weighted by Crippen LogP contribution is -2.57. The zero-order valence-corrected chi connectivity index (χ0v) is 14.9. The van der Waals surface area contributed by atoms with Crippen molar-refractivity contribution in [2.75, 3.05) is 13.1 Å². The first kappa shape index (κ1) is 15.2. The number of aromatic nitrogens is 1. The molecule has 4 aliphatic heterocycles. The summed E-state index contributed by atoms with van der Waals surface area (Å²) in [5, 5.41) is 1.36. The maximum atomic E-state index is 12.4. The van der Waals surface area contributed by atoms with Crippen LogP contribution >= 0.6 is 0 Å². The Morgan fingerprint density at radius 2 is 2.12 bits per heavy atom. The Kier molecular flexibility index (Phi) is 3.11. The largest absolute Gasteiger partial charge is 0.358 e. The summed E-state index contributed by atoms with van der Waals surface area (Å²) >= 11 is 0. The molecule has 6 unspecified atom stereocenters. The number of piperidine rings is 1. The number of amides is 1. The molecule has 6 nitrogen and oxygen atoms in total. The molecule has 1 aromatic heterocycles. The molecule has 0 bridgehead atoms. The van der Waals surface area contributed by atoms with Gasteiger partial charge in [-0.25, -0.2) is 5.43 Å². The summed E-state index contributed by atoms with van der Waals surface area (Å²) in [5.74, 6) is 0.799. The van der Waals surface area contributed by atoms with Crippen LogP contribution in [0.1, 0.15) is 30.6 Å². The molecule has 6 heteroatoms. The number of rotatable bonds is 0. The molecule has 26 heavy (non-hydrogen) atoms. The topological polar surface area (TPSA) is 69.4 Å². The van der Waals surface area contributed by atoms with Gasteiger partial charge in [0.15, 0.2) is 0 Å². The molecule has 5 heterocycles. The fourth-order valence-electron chi connectivity index (χ4n) is 5.92. The van der Waals surface area contributed by atoms with Crippen molar-refractivity contribution in [2.45, 2.75) is 38.1 Å². The lowest BCUT2D eigenvalue weighted by atomic mass is 9.68. The first-order valence-corrected chi connectivity index (χ1v) is 9.75. The maximum absolute atomic E-state index is 12.4. The Bertz CT molecular complexity index is 893. The quantitative estimate of drug-likeness (QED) is 0.675. The van der Waals surface area contributed by atoms with Gasteiger partial charge in [-0.1, -0.05) is 18.2 Å². The third-order valence-corrected chi connectivity index (χ3v) is 7.15. The highest BCUT2D eigenvalue weighted by Crippen LogP contribution is 2.49. The number of hydrogen-bond acceptors (Lipinski definition) is 4. The molecule has 136 valence electrons. The molecule has 0 aliphatic carbocycles. The monoisotopic (exact) mass is 352 g/mol. The van der Waals surface area contributed by atoms with Gasteiger partial charge in [0.05, 0.1) is 18.1 Å². The Morgan fingerprint density at radius 1 is 1.23 bits per heavy atom. The van der Waals surface area contributed by atoms with Gasteiger partial charge in [0.1, 0.15) is 6.23 Å². The van der Waals surface area contributed by atoms with Gasteiger partial charge in [-0.05, 0) is 37.3 Å². The minimum Gasteiger partial charge on any atom is -0.358 e. The van der Waals surface area contributed by atoms with E-state index < -0.39 is 0 Å². The molecule has 2 aromatic rings. The number of hydrazine groups is 1. The summed E-state index contributed by atoms with van der Waals surface area (Å²) in [5.41, 5.74) is 9.92. The van der Waals surface area contributed by atoms with E-state index in [1.807, 2.05) is 0 Å². The van der Waals surface area contributed by atoms with E-state index in [0.717, 1.165) is 25.9 Å². The normalized spacial score (nSPS) is 39.0. The Balaban J connectivity index is 1.41. The number of fused-ring (bicyclic) bond motifs is 8. The summed E-state index contributed by atoms with van der Waals surface area (Å²) in [6.45, 7) is 4.27. The van der Waals surface area contributed by atoms with Crippen molar-refractivity contribution < 1.29 is 9.53 Å². The summed E-state index contributed by atoms with van der Waals surface area (Å²) in [7, 11) is 0. The number of nitrogens with one attached hydrogen (secondary N) is 3. The van der Waals surface area contributed by atoms with Gasteiger partial charge in [0, 0.05) is 35.6 Å². The van der Waals surface area contributed by atoms with E-state index in [1.54, 1.807) is 0 Å². The molecule has 1 amide bonds. The molecular formula is C20H24N4O2. The van der Waals surface area contributed by atoms with Crippen molar-refractivity contribution in [3.63, 3.8) is 0 Å². The van der Waals surface area contributed by atoms with Crippen molar-refractivity contribution in [3.05, 3.63) is 35.5 Å². The van der Waals surface area contributed by atoms with Crippen molar-refractivity contribution in [3.8, 4) is 0 Å². The Labute approximate surface area is 152 Å². The van der Waals surface area contributed by atoms with E-state index >= 15 is 0 Å². The number of para-hydroxylation sites is 1. The van der Waals surface area contributed by atoms with Gasteiger partial charge in [-0.3, -0.25) is 15.1 Å². The number of nitrogens with zero attached hydrogens (tertiary/aromatic N) is 1. The van der Waals surface area contributed by atoms with Crippen LogP contribution in [-0.4, -0.2) is 41.2 Å². The van der Waals surface area contributed by atoms with Crippen LogP contribution in [0.25, 0.3) is 10.9 Å². The highest BCUT2D eigenvalue weighted by molar-refractivity contribution is 5.85. The van der Waals surface area contributed by atoms with Gasteiger partial charge in [0.25, 0.3) is 0 Å². The second-order valence-corrected chi connectivity index (χ2v) is 8.31. The minimum atomic E-state index is -0.184. The second kappa shape index (κ2) is 5.31. The first-order chi connectivity index (χ1) is 12.7. The Morgan fingerprint density at radius 3 is 3.04 bits per heavy atom. The summed E-state index contributed by atoms with van der Waals surface area (Å²) < 4.78 is 6.12. The van der Waals surface area contributed by atoms with E-state index in [9.17, 15) is 4.79 Å². The summed E-state index contributed by atoms with van der Waals surface area (Å²) in [4.78, 5) is 18.8. The molecule has 0 spiro atoms. The summed E-state index contributed by atoms with van der Waals surface area (Å²) in [6.07, 6.45) is 2.10. The highest BCUT2D eigenvalue weighted by Gasteiger charge is 2.54. The van der Waals surface area contributed by atoms with Crippen LogP contribution in [0.2, 0.25) is 0 Å². The van der Waals surface area contributed by atoms with Gasteiger partial charge < -0.3 is 9.72 Å². The van der Waals surface area contributed by atoms with Gasteiger partial charge in [-0.15, -0.1) is 0 Å². The standard InChI is InChI=1S/C20H24N4O2/c1-10-14-9-24-7-6-12-11-4-2-3-5-15(11)21-18(12)16(24)8-13(14)17-19(25)22-23-20(17)26-10/h2-5,10,13-14,16-17,20-21,23H,6-9H2,1H3,(H,22,25). The fourth-order valence-corrected chi connectivity index (χ4v) is 5.92. The van der Waals surface area contributed by atoms with Crippen LogP contribution in [0.4, 0.5) is 0 Å². The van der Waals surface area contributed by atoms with Crippen molar-refractivity contribution in [1.82, 2.24) is 20.7 Å². The number of aromatic amines is 1. The molecule has 1 aromatic carbocycles. The Hall–Kier alpha value is -1.89. The molecule has 3 saturated heterocycles. The molecule has 3 fully saturated rings. The van der Waals surface area contributed by atoms with Crippen LogP contribution in [0, 0.1) is 17.8 Å². The fraction of sp³-hybridized carbons (Fsp3) is 0.550. The molecule has 0 saturated carbocycles. The predicted octanol–water partition coefficient (Wildman–Crippen LogP) is 1.70. The molecular weight excluding hydrogens is 328 g/mol. The molecule has 6 rings (SSSR count). The highest BCUT2D eigenvalue weighted by atomic mass is 16.5. The zero-order valence-electron chi connectivity index (χ0n) is 14.9. The summed E-state index contributed by atoms with van der Waals surface area (Å²) in [6, 6.07) is 9.00. The second-order valence-electron chi connectivity index (χ2n) is 8.31. The lowest BCUT2D eigenvalue weighted by Gasteiger charge is -2.52. The van der Waals surface area contributed by atoms with Crippen molar-refractivity contribution in [1.29, 1.82) is 0 Å². The van der Waals surface area contributed by atoms with Gasteiger partial charge in [-0.2, -0.15) is 0 Å². The number of carbonyl (C=O) groups excluding carboxylic acids is 1. The molecule has 6 atom stereocenters. The van der Waals surface area contributed by atoms with Gasteiger partial charge >= 0.3 is 0 Å². The SMILES string of the molecule is CC1OC2NNC(=O)C2C2CC3c4[nH]c5ccccc5c4CCN3CC12. The number of H-pyrrole nitrogens is 1. The third-order valence-electron chi connectivity index (χ3n) is 7.15. The van der Waals surface area contributed by atoms with Crippen LogP contribution < -0.4 is 10.9 Å². The van der Waals surface area contributed by atoms with E-state index in [0.29, 0.717) is 17.9 Å². The van der Waals surface area contributed by atoms with E-state index in [-0.39, 0.29) is 24.2 Å². The number of ether oxygens (including phenoxy) is 1. The minimum absolute atomic E-state index is 0.0758. The van der Waals surface area contributed by atoms with Crippen molar-refractivity contribution >= 4 is 16.8 Å². The van der Waals surface area contributed by atoms with Crippen LogP contribution in [0.15, 0.2) is 24.3 Å². The van der Waals surface area contributed by atoms with Crippen LogP contribution in [-0.2, 0) is 16.0 Å². The predicted molar refractivity (Wildman–Crippen MR) is 97.0 cm³/mol. The van der Waals surface area contributed by atoms with Crippen LogP contribution in [0.3, 0.4) is 0 Å². The zero-order chi connectivity index (χ0) is 17.4. The average molecular weight is 352 g/mol. The van der Waals surface area contributed by atoms with E-state index in [1.165, 1.54) is 22.2 Å². The van der Waals surface area contributed by atoms with E-state index in [2.05, 4.69) is 51.9 Å². The lowest BCUT2D eigenvalue weighted by molar-refractivity contribution is -0.168. The first-order valence-electron chi connectivity index (χ1n) is 9.75. The molecule has 0 radical (unpaired) electrons. The van der Waals surface area contributed by atoms with Crippen LogP contribution in [0.5, 0.6) is 0 Å². The van der Waals surface area contributed by atoms with E-state index in [4.69, 9.17) is 4.74 Å².